The molecule has 1 aromatic rings. The number of H-pyrrole nitrogens is 1. The van der Waals surface area contributed by atoms with Crippen LogP contribution < -0.4 is 0 Å². The predicted octanol–water partition coefficient (Wildman–Crippen LogP) is 0.747. The second-order valence-electron chi connectivity index (χ2n) is 2.09. The SMILES string of the molecule is CCn1[nH]c(C(=O)OC)nc1=S. The van der Waals surface area contributed by atoms with E-state index in [1.54, 1.807) is 4.68 Å². The summed E-state index contributed by atoms with van der Waals surface area (Å²) in [6, 6.07) is 0. The van der Waals surface area contributed by atoms with Gasteiger partial charge in [-0.2, -0.15) is 4.98 Å². The molecule has 6 heteroatoms. The summed E-state index contributed by atoms with van der Waals surface area (Å²) in [6.45, 7) is 2.55. The highest BCUT2D eigenvalue weighted by Crippen LogP contribution is 1.94. The Labute approximate surface area is 74.4 Å². The predicted molar refractivity (Wildman–Crippen MR) is 44.4 cm³/mol. The van der Waals surface area contributed by atoms with E-state index in [4.69, 9.17) is 12.2 Å². The summed E-state index contributed by atoms with van der Waals surface area (Å²) in [4.78, 5) is 14.7. The molecule has 0 aliphatic heterocycles. The summed E-state index contributed by atoms with van der Waals surface area (Å²) in [7, 11) is 1.30. The molecule has 0 saturated carbocycles. The molecule has 0 fully saturated rings. The lowest BCUT2D eigenvalue weighted by Crippen LogP contribution is -2.05. The Morgan fingerprint density at radius 1 is 1.83 bits per heavy atom. The smallest absolute Gasteiger partial charge is 0.375 e. The van der Waals surface area contributed by atoms with Crippen LogP contribution in [-0.4, -0.2) is 27.8 Å². The molecule has 1 heterocycles. The molecule has 0 bridgehead atoms. The molecule has 1 N–H and O–H groups in total. The fourth-order valence-corrected chi connectivity index (χ4v) is 1.02. The second-order valence-corrected chi connectivity index (χ2v) is 2.46. The van der Waals surface area contributed by atoms with Crippen LogP contribution in [0.1, 0.15) is 17.5 Å². The van der Waals surface area contributed by atoms with Crippen LogP contribution in [0, 0.1) is 4.77 Å². The number of methoxy groups -OCH3 is 1. The number of carbonyl (C=O) groups is 1. The van der Waals surface area contributed by atoms with Crippen molar-refractivity contribution in [2.45, 2.75) is 13.5 Å². The van der Waals surface area contributed by atoms with Crippen molar-refractivity contribution in [1.82, 2.24) is 14.8 Å². The van der Waals surface area contributed by atoms with E-state index in [-0.39, 0.29) is 5.82 Å². The second kappa shape index (κ2) is 3.48. The lowest BCUT2D eigenvalue weighted by Gasteiger charge is -1.93. The molecule has 5 nitrogen and oxygen atoms in total. The molecular formula is C6H9N3O2S. The molecule has 66 valence electrons. The molecule has 0 aromatic carbocycles. The Balaban J connectivity index is 3.05. The van der Waals surface area contributed by atoms with Gasteiger partial charge in [-0.15, -0.1) is 0 Å². The van der Waals surface area contributed by atoms with E-state index < -0.39 is 5.97 Å². The van der Waals surface area contributed by atoms with Gasteiger partial charge in [0.05, 0.1) is 7.11 Å². The normalized spacial score (nSPS) is 9.83. The first-order valence-corrected chi connectivity index (χ1v) is 3.85. The van der Waals surface area contributed by atoms with Crippen molar-refractivity contribution < 1.29 is 9.53 Å². The number of ether oxygens (including phenoxy) is 1. The van der Waals surface area contributed by atoms with Crippen LogP contribution in [0.4, 0.5) is 0 Å². The topological polar surface area (TPSA) is 59.9 Å². The summed E-state index contributed by atoms with van der Waals surface area (Å²) in [6.07, 6.45) is 0. The molecule has 0 unspecified atom stereocenters. The lowest BCUT2D eigenvalue weighted by atomic mass is 10.6. The van der Waals surface area contributed by atoms with Gasteiger partial charge in [0.2, 0.25) is 10.6 Å². The summed E-state index contributed by atoms with van der Waals surface area (Å²) < 4.78 is 6.40. The van der Waals surface area contributed by atoms with Crippen LogP contribution in [-0.2, 0) is 11.3 Å². The summed E-state index contributed by atoms with van der Waals surface area (Å²) in [5.74, 6) is -0.363. The number of hydrogen-bond acceptors (Lipinski definition) is 4. The van der Waals surface area contributed by atoms with Gasteiger partial charge >= 0.3 is 5.97 Å². The molecule has 12 heavy (non-hydrogen) atoms. The highest BCUT2D eigenvalue weighted by Gasteiger charge is 2.09. The van der Waals surface area contributed by atoms with Gasteiger partial charge in [-0.1, -0.05) is 0 Å². The van der Waals surface area contributed by atoms with Crippen molar-refractivity contribution in [3.05, 3.63) is 10.6 Å². The first kappa shape index (κ1) is 8.92. The Morgan fingerprint density at radius 2 is 2.50 bits per heavy atom. The Morgan fingerprint density at radius 3 is 2.92 bits per heavy atom. The zero-order valence-corrected chi connectivity index (χ0v) is 7.64. The third-order valence-corrected chi connectivity index (χ3v) is 1.69. The highest BCUT2D eigenvalue weighted by atomic mass is 32.1. The molecule has 0 amide bonds. The monoisotopic (exact) mass is 187 g/mol. The molecule has 1 rings (SSSR count). The number of aryl methyl sites for hydroxylation is 1. The van der Waals surface area contributed by atoms with Crippen molar-refractivity contribution in [1.29, 1.82) is 0 Å². The maximum absolute atomic E-state index is 10.9. The highest BCUT2D eigenvalue weighted by molar-refractivity contribution is 7.71. The third-order valence-electron chi connectivity index (χ3n) is 1.37. The van der Waals surface area contributed by atoms with Crippen molar-refractivity contribution in [2.24, 2.45) is 0 Å². The maximum Gasteiger partial charge on any atom is 0.375 e. The van der Waals surface area contributed by atoms with Gasteiger partial charge in [-0.05, 0) is 19.1 Å². The number of hydrogen-bond donors (Lipinski definition) is 1. The lowest BCUT2D eigenvalue weighted by molar-refractivity contribution is 0.0586. The van der Waals surface area contributed by atoms with Crippen LogP contribution in [0.25, 0.3) is 0 Å². The summed E-state index contributed by atoms with van der Waals surface area (Å²) in [5, 5.41) is 2.71. The van der Waals surface area contributed by atoms with E-state index in [0.717, 1.165) is 0 Å². The third kappa shape index (κ3) is 1.53. The standard InChI is InChI=1S/C6H9N3O2S/c1-3-9-6(12)7-4(8-9)5(10)11-2/h3H2,1-2H3,(H,7,8,12). The van der Waals surface area contributed by atoms with Crippen molar-refractivity contribution >= 4 is 18.2 Å². The quantitative estimate of drug-likeness (QED) is 0.548. The Bertz CT molecular complexity index is 341. The van der Waals surface area contributed by atoms with Crippen molar-refractivity contribution in [3.63, 3.8) is 0 Å². The summed E-state index contributed by atoms with van der Waals surface area (Å²) >= 11 is 4.85. The largest absolute Gasteiger partial charge is 0.463 e. The Kier molecular flexibility index (Phi) is 2.59. The van der Waals surface area contributed by atoms with Crippen LogP contribution in [0.3, 0.4) is 0 Å². The number of rotatable bonds is 2. The van der Waals surface area contributed by atoms with E-state index in [0.29, 0.717) is 11.3 Å². The van der Waals surface area contributed by atoms with E-state index in [9.17, 15) is 4.79 Å². The van der Waals surface area contributed by atoms with Crippen LogP contribution in [0.15, 0.2) is 0 Å². The molecule has 0 aliphatic rings. The number of nitrogens with one attached hydrogen (secondary N) is 1. The van der Waals surface area contributed by atoms with Crippen LogP contribution in [0.5, 0.6) is 0 Å². The number of aromatic amines is 1. The van der Waals surface area contributed by atoms with Crippen molar-refractivity contribution in [2.75, 3.05) is 7.11 Å². The molecule has 0 spiro atoms. The minimum atomic E-state index is -0.506. The molecule has 1 aromatic heterocycles. The van der Waals surface area contributed by atoms with Gasteiger partial charge in [-0.3, -0.25) is 9.78 Å². The van der Waals surface area contributed by atoms with Gasteiger partial charge in [0.1, 0.15) is 0 Å². The Hall–Kier alpha value is -1.17. The molecule has 0 aliphatic carbocycles. The van der Waals surface area contributed by atoms with E-state index in [2.05, 4.69) is 14.8 Å². The fraction of sp³-hybridized carbons (Fsp3) is 0.500. The molecule has 0 atom stereocenters. The maximum atomic E-state index is 10.9. The van der Waals surface area contributed by atoms with E-state index in [1.165, 1.54) is 7.11 Å². The van der Waals surface area contributed by atoms with Gasteiger partial charge in [0.15, 0.2) is 0 Å². The molecule has 0 radical (unpaired) electrons. The van der Waals surface area contributed by atoms with Crippen molar-refractivity contribution in [3.8, 4) is 0 Å². The van der Waals surface area contributed by atoms with E-state index >= 15 is 0 Å². The molecular weight excluding hydrogens is 178 g/mol. The number of nitrogens with zero attached hydrogens (tertiary/aromatic N) is 2. The van der Waals surface area contributed by atoms with Gasteiger partial charge in [0, 0.05) is 6.54 Å². The average Bonchev–Trinajstić information content (AvgIpc) is 2.45. The zero-order valence-electron chi connectivity index (χ0n) is 6.83. The molecule has 0 saturated heterocycles. The van der Waals surface area contributed by atoms with Gasteiger partial charge < -0.3 is 4.74 Å². The van der Waals surface area contributed by atoms with Crippen LogP contribution in [0.2, 0.25) is 0 Å². The van der Waals surface area contributed by atoms with Gasteiger partial charge in [0.25, 0.3) is 0 Å². The first-order valence-electron chi connectivity index (χ1n) is 3.44. The van der Waals surface area contributed by atoms with E-state index in [1.807, 2.05) is 6.92 Å². The first-order chi connectivity index (χ1) is 5.69. The summed E-state index contributed by atoms with van der Waals surface area (Å²) in [5.41, 5.74) is 0. The van der Waals surface area contributed by atoms with Crippen LogP contribution >= 0.6 is 12.2 Å². The zero-order chi connectivity index (χ0) is 9.14. The fourth-order valence-electron chi connectivity index (χ4n) is 0.759. The number of esters is 1. The minimum Gasteiger partial charge on any atom is -0.463 e. The number of carbonyl (C=O) groups excluding carboxylic acids is 1. The average molecular weight is 187 g/mol. The minimum absolute atomic E-state index is 0.143. The van der Waals surface area contributed by atoms with Gasteiger partial charge in [-0.25, -0.2) is 4.79 Å². The number of aromatic nitrogens is 3.